The Balaban J connectivity index is 1.80. The fourth-order valence-electron chi connectivity index (χ4n) is 3.52. The molecule has 2 aromatic rings. The molecule has 0 bridgehead atoms. The van der Waals surface area contributed by atoms with E-state index in [0.29, 0.717) is 18.2 Å². The van der Waals surface area contributed by atoms with Crippen LogP contribution in [0.15, 0.2) is 10.7 Å². The van der Waals surface area contributed by atoms with Crippen molar-refractivity contribution in [2.24, 2.45) is 18.4 Å². The van der Waals surface area contributed by atoms with Crippen LogP contribution in [0.1, 0.15) is 60.3 Å². The van der Waals surface area contributed by atoms with Gasteiger partial charge in [-0.25, -0.2) is 0 Å². The molecule has 0 unspecified atom stereocenters. The van der Waals surface area contributed by atoms with E-state index in [9.17, 15) is 4.79 Å². The lowest BCUT2D eigenvalue weighted by Gasteiger charge is -2.33. The first kappa shape index (κ1) is 17.7. The molecule has 1 aliphatic rings. The standard InChI is InChI=1S/C19H28N4O2/c1-12-13(10-20-23(12)6)11-22(5)18(24)17-15-9-14(19(2,3)4)7-8-16(15)25-21-17/h10,14H,7-9,11H2,1-6H3/t14-/m1/s1. The van der Waals surface area contributed by atoms with Crippen LogP contribution in [0.5, 0.6) is 0 Å². The minimum absolute atomic E-state index is 0.0807. The summed E-state index contributed by atoms with van der Waals surface area (Å²) >= 11 is 0. The first-order valence-electron chi connectivity index (χ1n) is 8.89. The van der Waals surface area contributed by atoms with E-state index in [2.05, 4.69) is 31.0 Å². The predicted molar refractivity (Wildman–Crippen MR) is 95.2 cm³/mol. The normalized spacial score (nSPS) is 17.4. The van der Waals surface area contributed by atoms with Crippen LogP contribution in [0.2, 0.25) is 0 Å². The van der Waals surface area contributed by atoms with Gasteiger partial charge >= 0.3 is 0 Å². The third-order valence-corrected chi connectivity index (χ3v) is 5.56. The van der Waals surface area contributed by atoms with Crippen LogP contribution in [-0.2, 0) is 26.4 Å². The molecule has 2 heterocycles. The fourth-order valence-corrected chi connectivity index (χ4v) is 3.52. The molecule has 0 saturated carbocycles. The summed E-state index contributed by atoms with van der Waals surface area (Å²) in [5, 5.41) is 8.36. The van der Waals surface area contributed by atoms with E-state index < -0.39 is 0 Å². The summed E-state index contributed by atoms with van der Waals surface area (Å²) < 4.78 is 7.30. The van der Waals surface area contributed by atoms with Gasteiger partial charge in [-0.05, 0) is 31.1 Å². The van der Waals surface area contributed by atoms with E-state index in [1.54, 1.807) is 11.9 Å². The van der Waals surface area contributed by atoms with Crippen LogP contribution in [-0.4, -0.2) is 32.8 Å². The summed E-state index contributed by atoms with van der Waals surface area (Å²) in [6, 6.07) is 0. The zero-order valence-corrected chi connectivity index (χ0v) is 16.1. The van der Waals surface area contributed by atoms with Crippen LogP contribution in [0.4, 0.5) is 0 Å². The summed E-state index contributed by atoms with van der Waals surface area (Å²) in [6.07, 6.45) is 4.63. The molecular weight excluding hydrogens is 316 g/mol. The number of carbonyl (C=O) groups is 1. The van der Waals surface area contributed by atoms with E-state index in [1.165, 1.54) is 0 Å². The molecule has 1 amide bonds. The lowest BCUT2D eigenvalue weighted by atomic mass is 9.71. The summed E-state index contributed by atoms with van der Waals surface area (Å²) in [5.74, 6) is 1.34. The van der Waals surface area contributed by atoms with Gasteiger partial charge in [0, 0.05) is 43.9 Å². The van der Waals surface area contributed by atoms with E-state index in [0.717, 1.165) is 41.8 Å². The van der Waals surface area contributed by atoms with E-state index >= 15 is 0 Å². The van der Waals surface area contributed by atoms with Crippen molar-refractivity contribution >= 4 is 5.91 Å². The molecule has 1 atom stereocenters. The third kappa shape index (κ3) is 3.34. The molecule has 0 aromatic carbocycles. The Kier molecular flexibility index (Phi) is 4.47. The summed E-state index contributed by atoms with van der Waals surface area (Å²) in [7, 11) is 3.71. The zero-order chi connectivity index (χ0) is 18.4. The fraction of sp³-hybridized carbons (Fsp3) is 0.632. The smallest absolute Gasteiger partial charge is 0.276 e. The van der Waals surface area contributed by atoms with Gasteiger partial charge in [-0.2, -0.15) is 5.10 Å². The maximum Gasteiger partial charge on any atom is 0.276 e. The average molecular weight is 344 g/mol. The summed E-state index contributed by atoms with van der Waals surface area (Å²) in [4.78, 5) is 14.6. The van der Waals surface area contributed by atoms with Crippen molar-refractivity contribution in [2.75, 3.05) is 7.05 Å². The van der Waals surface area contributed by atoms with E-state index in [-0.39, 0.29) is 11.3 Å². The average Bonchev–Trinajstić information content (AvgIpc) is 3.11. The topological polar surface area (TPSA) is 64.2 Å². The molecule has 1 aliphatic carbocycles. The van der Waals surface area contributed by atoms with Gasteiger partial charge in [0.25, 0.3) is 5.91 Å². The second-order valence-electron chi connectivity index (χ2n) is 8.28. The van der Waals surface area contributed by atoms with Gasteiger partial charge in [-0.15, -0.1) is 0 Å². The van der Waals surface area contributed by atoms with Gasteiger partial charge in [0.2, 0.25) is 0 Å². The molecule has 0 fully saturated rings. The lowest BCUT2D eigenvalue weighted by Crippen LogP contribution is -2.30. The minimum Gasteiger partial charge on any atom is -0.360 e. The maximum atomic E-state index is 12.9. The Morgan fingerprint density at radius 1 is 1.44 bits per heavy atom. The molecule has 6 nitrogen and oxygen atoms in total. The number of hydrogen-bond donors (Lipinski definition) is 0. The molecule has 0 aliphatic heterocycles. The Morgan fingerprint density at radius 2 is 2.16 bits per heavy atom. The number of amides is 1. The van der Waals surface area contributed by atoms with Gasteiger partial charge in [0.05, 0.1) is 6.20 Å². The van der Waals surface area contributed by atoms with Gasteiger partial charge in [-0.3, -0.25) is 9.48 Å². The van der Waals surface area contributed by atoms with Crippen molar-refractivity contribution in [3.63, 3.8) is 0 Å². The molecule has 2 aromatic heterocycles. The van der Waals surface area contributed by atoms with Crippen molar-refractivity contribution < 1.29 is 9.32 Å². The lowest BCUT2D eigenvalue weighted by molar-refractivity contribution is 0.0773. The SMILES string of the molecule is Cc1c(CN(C)C(=O)c2noc3c2C[C@H](C(C)(C)C)CC3)cnn1C. The third-order valence-electron chi connectivity index (χ3n) is 5.56. The van der Waals surface area contributed by atoms with Gasteiger partial charge < -0.3 is 9.42 Å². The highest BCUT2D eigenvalue weighted by atomic mass is 16.5. The molecule has 3 rings (SSSR count). The highest BCUT2D eigenvalue weighted by Crippen LogP contribution is 2.38. The molecule has 0 spiro atoms. The highest BCUT2D eigenvalue weighted by molar-refractivity contribution is 5.93. The van der Waals surface area contributed by atoms with Crippen molar-refractivity contribution in [1.82, 2.24) is 19.8 Å². The summed E-state index contributed by atoms with van der Waals surface area (Å²) in [5.41, 5.74) is 3.81. The van der Waals surface area contributed by atoms with Crippen molar-refractivity contribution in [3.8, 4) is 0 Å². The number of aromatic nitrogens is 3. The molecule has 6 heteroatoms. The van der Waals surface area contributed by atoms with Crippen molar-refractivity contribution in [1.29, 1.82) is 0 Å². The van der Waals surface area contributed by atoms with Gasteiger partial charge in [0.15, 0.2) is 5.69 Å². The monoisotopic (exact) mass is 344 g/mol. The molecule has 0 radical (unpaired) electrons. The number of rotatable bonds is 3. The van der Waals surface area contributed by atoms with Crippen LogP contribution in [0, 0.1) is 18.3 Å². The number of aryl methyl sites for hydroxylation is 2. The largest absolute Gasteiger partial charge is 0.360 e. The van der Waals surface area contributed by atoms with Crippen LogP contribution in [0.25, 0.3) is 0 Å². The number of fused-ring (bicyclic) bond motifs is 1. The maximum absolute atomic E-state index is 12.9. The Morgan fingerprint density at radius 3 is 2.76 bits per heavy atom. The van der Waals surface area contributed by atoms with Crippen molar-refractivity contribution in [2.45, 2.75) is 53.5 Å². The number of nitrogens with zero attached hydrogens (tertiary/aromatic N) is 4. The second-order valence-corrected chi connectivity index (χ2v) is 8.28. The van der Waals surface area contributed by atoms with Crippen LogP contribution in [0.3, 0.4) is 0 Å². The molecule has 0 N–H and O–H groups in total. The first-order chi connectivity index (χ1) is 11.7. The Bertz CT molecular complexity index is 782. The second kappa shape index (κ2) is 6.32. The van der Waals surface area contributed by atoms with E-state index in [4.69, 9.17) is 4.52 Å². The van der Waals surface area contributed by atoms with E-state index in [1.807, 2.05) is 24.9 Å². The molecule has 25 heavy (non-hydrogen) atoms. The Labute approximate surface area is 149 Å². The van der Waals surface area contributed by atoms with Gasteiger partial charge in [-0.1, -0.05) is 25.9 Å². The predicted octanol–water partition coefficient (Wildman–Crippen LogP) is 3.14. The van der Waals surface area contributed by atoms with Crippen molar-refractivity contribution in [3.05, 3.63) is 34.5 Å². The molecule has 136 valence electrons. The van der Waals surface area contributed by atoms with Crippen LogP contribution < -0.4 is 0 Å². The molecular formula is C19H28N4O2. The quantitative estimate of drug-likeness (QED) is 0.858. The zero-order valence-electron chi connectivity index (χ0n) is 16.1. The number of carbonyl (C=O) groups excluding carboxylic acids is 1. The van der Waals surface area contributed by atoms with Gasteiger partial charge in [0.1, 0.15) is 5.76 Å². The molecule has 0 saturated heterocycles. The summed E-state index contributed by atoms with van der Waals surface area (Å²) in [6.45, 7) is 9.30. The van der Waals surface area contributed by atoms with Crippen LogP contribution >= 0.6 is 0 Å². The number of hydrogen-bond acceptors (Lipinski definition) is 4. The minimum atomic E-state index is -0.0807. The highest BCUT2D eigenvalue weighted by Gasteiger charge is 2.34. The Hall–Kier alpha value is -2.11. The first-order valence-corrected chi connectivity index (χ1v) is 8.89.